The third kappa shape index (κ3) is 4.95. The molecule has 1 aromatic carbocycles. The molecule has 0 spiro atoms. The zero-order valence-electron chi connectivity index (χ0n) is 15.3. The molecular formula is C19H31N3O2. The summed E-state index contributed by atoms with van der Waals surface area (Å²) >= 11 is 0. The lowest BCUT2D eigenvalue weighted by Crippen LogP contribution is -2.47. The van der Waals surface area contributed by atoms with Crippen LogP contribution in [0.3, 0.4) is 0 Å². The van der Waals surface area contributed by atoms with Crippen LogP contribution >= 0.6 is 0 Å². The highest BCUT2D eigenvalue weighted by atomic mass is 16.3. The number of aliphatic hydroxyl groups excluding tert-OH is 1. The van der Waals surface area contributed by atoms with Crippen molar-refractivity contribution in [2.24, 2.45) is 5.92 Å². The molecule has 5 nitrogen and oxygen atoms in total. The Bertz CT molecular complexity index is 520. The summed E-state index contributed by atoms with van der Waals surface area (Å²) in [4.78, 5) is 16.4. The molecule has 0 bridgehead atoms. The van der Waals surface area contributed by atoms with Gasteiger partial charge in [-0.1, -0.05) is 29.8 Å². The maximum Gasteiger partial charge on any atom is 0.317 e. The van der Waals surface area contributed by atoms with Crippen LogP contribution < -0.4 is 5.32 Å². The molecule has 1 aliphatic rings. The largest absolute Gasteiger partial charge is 0.393 e. The first kappa shape index (κ1) is 18.7. The third-order valence-electron chi connectivity index (χ3n) is 5.04. The minimum atomic E-state index is -0.283. The predicted octanol–water partition coefficient (Wildman–Crippen LogP) is 2.40. The highest BCUT2D eigenvalue weighted by Gasteiger charge is 2.26. The fourth-order valence-electron chi connectivity index (χ4n) is 3.27. The number of hydrogen-bond donors (Lipinski definition) is 2. The van der Waals surface area contributed by atoms with Gasteiger partial charge in [0.25, 0.3) is 0 Å². The molecule has 2 unspecified atom stereocenters. The number of amides is 2. The van der Waals surface area contributed by atoms with E-state index in [0.29, 0.717) is 12.5 Å². The van der Waals surface area contributed by atoms with Crippen molar-refractivity contribution in [2.75, 3.05) is 33.7 Å². The van der Waals surface area contributed by atoms with Crippen molar-refractivity contribution >= 4 is 6.03 Å². The number of aliphatic hydroxyl groups is 1. The lowest BCUT2D eigenvalue weighted by atomic mass is 9.92. The van der Waals surface area contributed by atoms with E-state index in [0.717, 1.165) is 25.9 Å². The van der Waals surface area contributed by atoms with Crippen molar-refractivity contribution < 1.29 is 9.90 Å². The molecule has 24 heavy (non-hydrogen) atoms. The zero-order valence-corrected chi connectivity index (χ0v) is 15.3. The highest BCUT2D eigenvalue weighted by molar-refractivity contribution is 5.74. The molecule has 134 valence electrons. The molecule has 1 fully saturated rings. The van der Waals surface area contributed by atoms with Gasteiger partial charge in [-0.25, -0.2) is 4.79 Å². The molecule has 1 aromatic rings. The summed E-state index contributed by atoms with van der Waals surface area (Å²) in [6, 6.07) is 8.62. The summed E-state index contributed by atoms with van der Waals surface area (Å²) < 4.78 is 0. The van der Waals surface area contributed by atoms with Gasteiger partial charge in [-0.15, -0.1) is 0 Å². The van der Waals surface area contributed by atoms with Crippen molar-refractivity contribution in [2.45, 2.75) is 38.8 Å². The monoisotopic (exact) mass is 333 g/mol. The minimum absolute atomic E-state index is 0.00185. The fourth-order valence-corrected chi connectivity index (χ4v) is 3.27. The second-order valence-electron chi connectivity index (χ2n) is 7.14. The number of carbonyl (C=O) groups is 1. The molecule has 0 radical (unpaired) electrons. The SMILES string of the molecule is Cc1ccc(C(CNC(=O)N2CCC(C(C)O)CC2)N(C)C)cc1. The van der Waals surface area contributed by atoms with Crippen molar-refractivity contribution in [3.05, 3.63) is 35.4 Å². The molecule has 2 amide bonds. The first-order valence-corrected chi connectivity index (χ1v) is 8.82. The molecule has 0 aliphatic carbocycles. The molecular weight excluding hydrogens is 302 g/mol. The van der Waals surface area contributed by atoms with Crippen LogP contribution in [0.25, 0.3) is 0 Å². The summed E-state index contributed by atoms with van der Waals surface area (Å²) in [5, 5.41) is 12.7. The normalized spacial score (nSPS) is 18.5. The first-order chi connectivity index (χ1) is 11.4. The quantitative estimate of drug-likeness (QED) is 0.870. The van der Waals surface area contributed by atoms with Gasteiger partial charge in [0.2, 0.25) is 0 Å². The molecule has 2 N–H and O–H groups in total. The van der Waals surface area contributed by atoms with E-state index in [1.807, 2.05) is 25.9 Å². The van der Waals surface area contributed by atoms with Gasteiger partial charge in [-0.2, -0.15) is 0 Å². The number of hydrogen-bond acceptors (Lipinski definition) is 3. The van der Waals surface area contributed by atoms with Gasteiger partial charge in [-0.05, 0) is 52.3 Å². The van der Waals surface area contributed by atoms with E-state index in [1.54, 1.807) is 0 Å². The summed E-state index contributed by atoms with van der Waals surface area (Å²) in [6.07, 6.45) is 1.47. The van der Waals surface area contributed by atoms with Gasteiger partial charge in [0.05, 0.1) is 12.1 Å². The Kier molecular flexibility index (Phi) is 6.63. The van der Waals surface area contributed by atoms with E-state index in [4.69, 9.17) is 0 Å². The molecule has 1 heterocycles. The van der Waals surface area contributed by atoms with E-state index in [1.165, 1.54) is 11.1 Å². The number of piperidine rings is 1. The average molecular weight is 333 g/mol. The topological polar surface area (TPSA) is 55.8 Å². The van der Waals surface area contributed by atoms with Crippen LogP contribution in [-0.2, 0) is 0 Å². The standard InChI is InChI=1S/C19H31N3O2/c1-14-5-7-17(8-6-14)18(21(3)4)13-20-19(24)22-11-9-16(10-12-22)15(2)23/h5-8,15-16,18,23H,9-13H2,1-4H3,(H,20,24). The highest BCUT2D eigenvalue weighted by Crippen LogP contribution is 2.21. The van der Waals surface area contributed by atoms with E-state index >= 15 is 0 Å². The van der Waals surface area contributed by atoms with E-state index in [9.17, 15) is 9.90 Å². The maximum absolute atomic E-state index is 12.4. The first-order valence-electron chi connectivity index (χ1n) is 8.82. The third-order valence-corrected chi connectivity index (χ3v) is 5.04. The van der Waals surface area contributed by atoms with Gasteiger partial charge >= 0.3 is 6.03 Å². The summed E-state index contributed by atoms with van der Waals surface area (Å²) in [5.74, 6) is 0.316. The summed E-state index contributed by atoms with van der Waals surface area (Å²) in [6.45, 7) is 5.94. The van der Waals surface area contributed by atoms with Gasteiger partial charge in [0.15, 0.2) is 0 Å². The van der Waals surface area contributed by atoms with Gasteiger partial charge < -0.3 is 20.2 Å². The number of carbonyl (C=O) groups excluding carboxylic acids is 1. The number of likely N-dealkylation sites (tertiary alicyclic amines) is 1. The Morgan fingerprint density at radius 1 is 1.29 bits per heavy atom. The lowest BCUT2D eigenvalue weighted by Gasteiger charge is -2.34. The van der Waals surface area contributed by atoms with Crippen molar-refractivity contribution in [1.29, 1.82) is 0 Å². The van der Waals surface area contributed by atoms with Crippen LogP contribution in [0.1, 0.15) is 36.9 Å². The Morgan fingerprint density at radius 3 is 2.38 bits per heavy atom. The second kappa shape index (κ2) is 8.49. The molecule has 2 rings (SSSR count). The lowest BCUT2D eigenvalue weighted by molar-refractivity contribution is 0.0795. The molecule has 1 saturated heterocycles. The number of nitrogens with one attached hydrogen (secondary N) is 1. The van der Waals surface area contributed by atoms with E-state index < -0.39 is 0 Å². The summed E-state index contributed by atoms with van der Waals surface area (Å²) in [5.41, 5.74) is 2.44. The van der Waals surface area contributed by atoms with Crippen LogP contribution in [0, 0.1) is 12.8 Å². The molecule has 1 aliphatic heterocycles. The van der Waals surface area contributed by atoms with Gasteiger partial charge in [-0.3, -0.25) is 0 Å². The second-order valence-corrected chi connectivity index (χ2v) is 7.14. The number of likely N-dealkylation sites (N-methyl/N-ethyl adjacent to an activating group) is 1. The summed E-state index contributed by atoms with van der Waals surface area (Å²) in [7, 11) is 4.07. The van der Waals surface area contributed by atoms with E-state index in [2.05, 4.69) is 41.4 Å². The van der Waals surface area contributed by atoms with Crippen molar-refractivity contribution in [3.63, 3.8) is 0 Å². The molecule has 0 aromatic heterocycles. The maximum atomic E-state index is 12.4. The average Bonchev–Trinajstić information content (AvgIpc) is 2.56. The number of nitrogens with zero attached hydrogens (tertiary/aromatic N) is 2. The Balaban J connectivity index is 1.88. The molecule has 2 atom stereocenters. The Hall–Kier alpha value is -1.59. The van der Waals surface area contributed by atoms with Crippen LogP contribution in [0.4, 0.5) is 4.79 Å². The molecule has 5 heteroatoms. The smallest absolute Gasteiger partial charge is 0.317 e. The van der Waals surface area contributed by atoms with Gasteiger partial charge in [0.1, 0.15) is 0 Å². The van der Waals surface area contributed by atoms with Crippen LogP contribution in [-0.4, -0.2) is 60.8 Å². The van der Waals surface area contributed by atoms with Crippen LogP contribution in [0.5, 0.6) is 0 Å². The molecule has 0 saturated carbocycles. The number of rotatable bonds is 5. The van der Waals surface area contributed by atoms with Crippen LogP contribution in [0.15, 0.2) is 24.3 Å². The Labute approximate surface area is 145 Å². The number of urea groups is 1. The van der Waals surface area contributed by atoms with Crippen LogP contribution in [0.2, 0.25) is 0 Å². The Morgan fingerprint density at radius 2 is 1.88 bits per heavy atom. The minimum Gasteiger partial charge on any atom is -0.393 e. The van der Waals surface area contributed by atoms with Gasteiger partial charge in [0, 0.05) is 19.6 Å². The van der Waals surface area contributed by atoms with E-state index in [-0.39, 0.29) is 18.2 Å². The zero-order chi connectivity index (χ0) is 17.7. The number of aryl methyl sites for hydroxylation is 1. The predicted molar refractivity (Wildman–Crippen MR) is 97.0 cm³/mol. The van der Waals surface area contributed by atoms with Crippen molar-refractivity contribution in [1.82, 2.24) is 15.1 Å². The fraction of sp³-hybridized carbons (Fsp3) is 0.632. The number of benzene rings is 1. The van der Waals surface area contributed by atoms with Crippen molar-refractivity contribution in [3.8, 4) is 0 Å².